The zero-order chi connectivity index (χ0) is 21.7. The number of hydrogen-bond donors (Lipinski definition) is 2. The third-order valence-corrected chi connectivity index (χ3v) is 5.71. The van der Waals surface area contributed by atoms with Gasteiger partial charge in [-0.3, -0.25) is 4.79 Å². The first kappa shape index (κ1) is 21.3. The van der Waals surface area contributed by atoms with E-state index in [-0.39, 0.29) is 12.2 Å². The number of benzene rings is 2. The summed E-state index contributed by atoms with van der Waals surface area (Å²) in [5.74, 6) is -1.99. The Hall–Kier alpha value is -3.45. The number of thiophene rings is 1. The van der Waals surface area contributed by atoms with Crippen molar-refractivity contribution in [2.75, 3.05) is 11.9 Å². The van der Waals surface area contributed by atoms with Gasteiger partial charge in [0, 0.05) is 16.0 Å². The van der Waals surface area contributed by atoms with Crippen LogP contribution in [0, 0.1) is 0 Å². The second-order valence-electron chi connectivity index (χ2n) is 6.38. The fraction of sp³-hybridized carbons (Fsp3) is 0.174. The van der Waals surface area contributed by atoms with Gasteiger partial charge < -0.3 is 15.2 Å². The summed E-state index contributed by atoms with van der Waals surface area (Å²) in [4.78, 5) is 37.5. The highest BCUT2D eigenvalue weighted by atomic mass is 32.1. The Balaban J connectivity index is 2.03. The third-order valence-electron chi connectivity index (χ3n) is 4.47. The molecule has 1 heterocycles. The van der Waals surface area contributed by atoms with Crippen LogP contribution in [0.5, 0.6) is 0 Å². The molecule has 0 unspecified atom stereocenters. The van der Waals surface area contributed by atoms with E-state index in [9.17, 15) is 14.4 Å². The van der Waals surface area contributed by atoms with Crippen LogP contribution in [-0.2, 0) is 11.2 Å². The number of hydrogen-bond acceptors (Lipinski definition) is 5. The molecule has 0 aliphatic carbocycles. The molecule has 1 aromatic heterocycles. The SMILES string of the molecule is CCOC(=O)c1c(NC(=O)c2ccc(C(=O)O)cc2)sc(CC)c1-c1ccccc1. The van der Waals surface area contributed by atoms with E-state index in [1.54, 1.807) is 6.92 Å². The summed E-state index contributed by atoms with van der Waals surface area (Å²) in [6.45, 7) is 3.94. The predicted molar refractivity (Wildman–Crippen MR) is 116 cm³/mol. The molecule has 154 valence electrons. The number of esters is 1. The van der Waals surface area contributed by atoms with Crippen molar-refractivity contribution >= 4 is 34.2 Å². The van der Waals surface area contributed by atoms with Crippen LogP contribution in [-0.4, -0.2) is 29.6 Å². The van der Waals surface area contributed by atoms with Gasteiger partial charge >= 0.3 is 11.9 Å². The minimum Gasteiger partial charge on any atom is -0.478 e. The second kappa shape index (κ2) is 9.37. The standard InChI is InChI=1S/C23H21NO5S/c1-3-17-18(14-8-6-5-7-9-14)19(23(28)29-4-2)21(30-17)24-20(25)15-10-12-16(13-11-15)22(26)27/h5-13H,3-4H2,1-2H3,(H,24,25)(H,26,27). The van der Waals surface area contributed by atoms with Crippen LogP contribution in [0.3, 0.4) is 0 Å². The highest BCUT2D eigenvalue weighted by molar-refractivity contribution is 7.17. The van der Waals surface area contributed by atoms with Gasteiger partial charge in [0.2, 0.25) is 0 Å². The molecule has 0 spiro atoms. The Morgan fingerprint density at radius 1 is 0.967 bits per heavy atom. The fourth-order valence-corrected chi connectivity index (χ4v) is 4.21. The summed E-state index contributed by atoms with van der Waals surface area (Å²) in [5.41, 5.74) is 2.36. The van der Waals surface area contributed by atoms with E-state index in [0.717, 1.165) is 16.0 Å². The average Bonchev–Trinajstić information content (AvgIpc) is 3.12. The lowest BCUT2D eigenvalue weighted by Gasteiger charge is -2.09. The predicted octanol–water partition coefficient (Wildman–Crippen LogP) is 5.10. The van der Waals surface area contributed by atoms with E-state index in [2.05, 4.69) is 5.32 Å². The maximum absolute atomic E-state index is 12.8. The zero-order valence-corrected chi connectivity index (χ0v) is 17.4. The maximum atomic E-state index is 12.8. The van der Waals surface area contributed by atoms with E-state index in [1.165, 1.54) is 35.6 Å². The van der Waals surface area contributed by atoms with Gasteiger partial charge in [0.15, 0.2) is 0 Å². The quantitative estimate of drug-likeness (QED) is 0.516. The Kier molecular flexibility index (Phi) is 6.64. The van der Waals surface area contributed by atoms with Crippen LogP contribution >= 0.6 is 11.3 Å². The lowest BCUT2D eigenvalue weighted by Crippen LogP contribution is -2.15. The normalized spacial score (nSPS) is 10.5. The first-order valence-corrected chi connectivity index (χ1v) is 10.3. The number of carbonyl (C=O) groups excluding carboxylic acids is 2. The minimum atomic E-state index is -1.06. The number of anilines is 1. The van der Waals surface area contributed by atoms with Gasteiger partial charge in [-0.25, -0.2) is 9.59 Å². The van der Waals surface area contributed by atoms with Gasteiger partial charge in [0.25, 0.3) is 5.91 Å². The van der Waals surface area contributed by atoms with Crippen LogP contribution in [0.4, 0.5) is 5.00 Å². The van der Waals surface area contributed by atoms with Crippen LogP contribution in [0.1, 0.15) is 49.8 Å². The molecule has 0 aliphatic heterocycles. The molecule has 3 aromatic rings. The van der Waals surface area contributed by atoms with Crippen molar-refractivity contribution in [1.29, 1.82) is 0 Å². The number of amides is 1. The topological polar surface area (TPSA) is 92.7 Å². The lowest BCUT2D eigenvalue weighted by molar-refractivity contribution is 0.0528. The van der Waals surface area contributed by atoms with Gasteiger partial charge in [-0.2, -0.15) is 0 Å². The Morgan fingerprint density at radius 3 is 2.17 bits per heavy atom. The van der Waals surface area contributed by atoms with E-state index in [1.807, 2.05) is 37.3 Å². The van der Waals surface area contributed by atoms with Crippen molar-refractivity contribution in [1.82, 2.24) is 0 Å². The first-order chi connectivity index (χ1) is 14.5. The molecule has 1 amide bonds. The summed E-state index contributed by atoms with van der Waals surface area (Å²) >= 11 is 1.34. The summed E-state index contributed by atoms with van der Waals surface area (Å²) < 4.78 is 5.27. The number of aromatic carboxylic acids is 1. The molecule has 0 bridgehead atoms. The van der Waals surface area contributed by atoms with Crippen molar-refractivity contribution in [2.45, 2.75) is 20.3 Å². The van der Waals surface area contributed by atoms with Crippen LogP contribution < -0.4 is 5.32 Å². The number of nitrogens with one attached hydrogen (secondary N) is 1. The molecule has 0 atom stereocenters. The molecular formula is C23H21NO5S. The molecule has 0 saturated heterocycles. The van der Waals surface area contributed by atoms with Crippen LogP contribution in [0.2, 0.25) is 0 Å². The van der Waals surface area contributed by atoms with E-state index in [4.69, 9.17) is 9.84 Å². The van der Waals surface area contributed by atoms with Crippen LogP contribution in [0.15, 0.2) is 54.6 Å². The number of ether oxygens (including phenoxy) is 1. The molecule has 30 heavy (non-hydrogen) atoms. The summed E-state index contributed by atoms with van der Waals surface area (Å²) in [7, 11) is 0. The Labute approximate surface area is 178 Å². The molecule has 7 heteroatoms. The highest BCUT2D eigenvalue weighted by Crippen LogP contribution is 2.41. The summed E-state index contributed by atoms with van der Waals surface area (Å²) in [6, 6.07) is 15.1. The highest BCUT2D eigenvalue weighted by Gasteiger charge is 2.26. The smallest absolute Gasteiger partial charge is 0.341 e. The lowest BCUT2D eigenvalue weighted by atomic mass is 10.00. The second-order valence-corrected chi connectivity index (χ2v) is 7.49. The number of aryl methyl sites for hydroxylation is 1. The molecule has 0 aliphatic rings. The average molecular weight is 423 g/mol. The fourth-order valence-electron chi connectivity index (χ4n) is 3.06. The van der Waals surface area contributed by atoms with Crippen LogP contribution in [0.25, 0.3) is 11.1 Å². The number of carbonyl (C=O) groups is 3. The third kappa shape index (κ3) is 4.41. The monoisotopic (exact) mass is 423 g/mol. The molecular weight excluding hydrogens is 402 g/mol. The molecule has 6 nitrogen and oxygen atoms in total. The molecule has 0 fully saturated rings. The Morgan fingerprint density at radius 2 is 1.60 bits per heavy atom. The van der Waals surface area contributed by atoms with Gasteiger partial charge in [0.1, 0.15) is 10.6 Å². The summed E-state index contributed by atoms with van der Waals surface area (Å²) in [6.07, 6.45) is 0.685. The largest absolute Gasteiger partial charge is 0.478 e. The summed E-state index contributed by atoms with van der Waals surface area (Å²) in [5, 5.41) is 12.2. The maximum Gasteiger partial charge on any atom is 0.341 e. The first-order valence-electron chi connectivity index (χ1n) is 9.49. The molecule has 0 radical (unpaired) electrons. The van der Waals surface area contributed by atoms with E-state index in [0.29, 0.717) is 22.5 Å². The molecule has 2 N–H and O–H groups in total. The van der Waals surface area contributed by atoms with Crippen molar-refractivity contribution in [3.63, 3.8) is 0 Å². The Bertz CT molecular complexity index is 1070. The molecule has 2 aromatic carbocycles. The van der Waals surface area contributed by atoms with Crippen molar-refractivity contribution in [3.8, 4) is 11.1 Å². The van der Waals surface area contributed by atoms with Crippen molar-refractivity contribution < 1.29 is 24.2 Å². The molecule has 0 saturated carbocycles. The van der Waals surface area contributed by atoms with Gasteiger partial charge in [-0.15, -0.1) is 11.3 Å². The van der Waals surface area contributed by atoms with Gasteiger partial charge in [-0.05, 0) is 43.2 Å². The number of carboxylic acids is 1. The van der Waals surface area contributed by atoms with Crippen molar-refractivity contribution in [2.24, 2.45) is 0 Å². The zero-order valence-electron chi connectivity index (χ0n) is 16.6. The number of rotatable bonds is 7. The van der Waals surface area contributed by atoms with E-state index >= 15 is 0 Å². The van der Waals surface area contributed by atoms with E-state index < -0.39 is 17.8 Å². The van der Waals surface area contributed by atoms with Crippen molar-refractivity contribution in [3.05, 3.63) is 76.2 Å². The molecule has 3 rings (SSSR count). The minimum absolute atomic E-state index is 0.0921. The van der Waals surface area contributed by atoms with Gasteiger partial charge in [-0.1, -0.05) is 37.3 Å². The number of carboxylic acid groups (broad SMARTS) is 1. The van der Waals surface area contributed by atoms with Gasteiger partial charge in [0.05, 0.1) is 12.2 Å².